The van der Waals surface area contributed by atoms with Crippen LogP contribution in [0.5, 0.6) is 0 Å². The number of rotatable bonds is 4. The number of alkyl halides is 1. The smallest absolute Gasteiger partial charge is 0.152 e. The molecule has 18 heavy (non-hydrogen) atoms. The Kier molecular flexibility index (Phi) is 3.58. The van der Waals surface area contributed by atoms with Gasteiger partial charge in [-0.25, -0.2) is 9.97 Å². The number of aromatic nitrogens is 3. The second kappa shape index (κ2) is 5.15. The lowest BCUT2D eigenvalue weighted by Crippen LogP contribution is -2.11. The van der Waals surface area contributed by atoms with Crippen LogP contribution in [0, 0.1) is 11.3 Å². The highest BCUT2D eigenvalue weighted by molar-refractivity contribution is 6.16. The van der Waals surface area contributed by atoms with Crippen LogP contribution in [0.4, 0.5) is 0 Å². The predicted molar refractivity (Wildman–Crippen MR) is 67.1 cm³/mol. The summed E-state index contributed by atoms with van der Waals surface area (Å²) in [5.41, 5.74) is 1.67. The van der Waals surface area contributed by atoms with Crippen molar-refractivity contribution in [2.45, 2.75) is 25.8 Å². The van der Waals surface area contributed by atoms with E-state index in [1.165, 1.54) is 0 Å². The maximum absolute atomic E-state index is 11.5. The summed E-state index contributed by atoms with van der Waals surface area (Å²) in [6.07, 6.45) is 2.02. The number of carbonyl (C=O) groups excluding carboxylic acids is 1. The highest BCUT2D eigenvalue weighted by Crippen LogP contribution is 2.17. The molecule has 2 aromatic heterocycles. The van der Waals surface area contributed by atoms with Crippen molar-refractivity contribution in [2.24, 2.45) is 0 Å². The fourth-order valence-electron chi connectivity index (χ4n) is 1.70. The third-order valence-electron chi connectivity index (χ3n) is 2.68. The van der Waals surface area contributed by atoms with E-state index in [0.717, 1.165) is 5.52 Å². The number of pyridine rings is 1. The van der Waals surface area contributed by atoms with Crippen molar-refractivity contribution < 1.29 is 4.79 Å². The summed E-state index contributed by atoms with van der Waals surface area (Å²) in [5.74, 6) is 0.934. The average molecular weight is 263 g/mol. The number of hydrogen-bond donors (Lipinski definition) is 0. The monoisotopic (exact) mass is 262 g/mol. The first-order valence-electron chi connectivity index (χ1n) is 5.52. The minimum Gasteiger partial charge on any atom is -0.318 e. The van der Waals surface area contributed by atoms with Crippen molar-refractivity contribution >= 4 is 28.4 Å². The Balaban J connectivity index is 2.56. The lowest BCUT2D eigenvalue weighted by Gasteiger charge is -2.05. The molecule has 6 heteroatoms. The molecule has 2 rings (SSSR count). The molecule has 0 saturated heterocycles. The van der Waals surface area contributed by atoms with Crippen molar-refractivity contribution in [3.05, 3.63) is 23.8 Å². The molecule has 0 fully saturated rings. The number of nitriles is 1. The van der Waals surface area contributed by atoms with E-state index in [-0.39, 0.29) is 18.2 Å². The van der Waals surface area contributed by atoms with Gasteiger partial charge in [-0.15, -0.1) is 11.6 Å². The third kappa shape index (κ3) is 2.20. The van der Waals surface area contributed by atoms with Crippen LogP contribution in [0.2, 0.25) is 0 Å². The zero-order chi connectivity index (χ0) is 13.1. The SMILES string of the molecule is CCC(=O)Cn1c(CCl)nc2cc(C#N)ncc21. The zero-order valence-corrected chi connectivity index (χ0v) is 10.6. The maximum Gasteiger partial charge on any atom is 0.152 e. The molecule has 0 aliphatic carbocycles. The van der Waals surface area contributed by atoms with Crippen molar-refractivity contribution in [1.82, 2.24) is 14.5 Å². The molecule has 2 heterocycles. The minimum atomic E-state index is 0.102. The van der Waals surface area contributed by atoms with Gasteiger partial charge in [0, 0.05) is 12.5 Å². The van der Waals surface area contributed by atoms with Gasteiger partial charge in [-0.2, -0.15) is 5.26 Å². The van der Waals surface area contributed by atoms with Crippen LogP contribution in [0.3, 0.4) is 0 Å². The summed E-state index contributed by atoms with van der Waals surface area (Å²) in [6.45, 7) is 2.05. The second-order valence-corrected chi connectivity index (χ2v) is 4.08. The lowest BCUT2D eigenvalue weighted by atomic mass is 10.3. The fraction of sp³-hybridized carbons (Fsp3) is 0.333. The Morgan fingerprint density at radius 1 is 1.61 bits per heavy atom. The zero-order valence-electron chi connectivity index (χ0n) is 9.85. The summed E-state index contributed by atoms with van der Waals surface area (Å²) >= 11 is 5.82. The molecular formula is C12H11ClN4O. The van der Waals surface area contributed by atoms with Crippen LogP contribution in [-0.4, -0.2) is 20.3 Å². The van der Waals surface area contributed by atoms with Gasteiger partial charge in [-0.1, -0.05) is 6.92 Å². The second-order valence-electron chi connectivity index (χ2n) is 3.81. The van der Waals surface area contributed by atoms with Crippen molar-refractivity contribution in [3.63, 3.8) is 0 Å². The van der Waals surface area contributed by atoms with Gasteiger partial charge in [-0.05, 0) is 0 Å². The summed E-state index contributed by atoms with van der Waals surface area (Å²) in [4.78, 5) is 19.9. The fourth-order valence-corrected chi connectivity index (χ4v) is 1.91. The minimum absolute atomic E-state index is 0.102. The summed E-state index contributed by atoms with van der Waals surface area (Å²) in [5, 5.41) is 8.79. The number of fused-ring (bicyclic) bond motifs is 1. The van der Waals surface area contributed by atoms with Crippen LogP contribution in [0.15, 0.2) is 12.3 Å². The number of carbonyl (C=O) groups is 1. The first-order chi connectivity index (χ1) is 8.69. The van der Waals surface area contributed by atoms with E-state index in [1.807, 2.05) is 13.0 Å². The maximum atomic E-state index is 11.5. The van der Waals surface area contributed by atoms with Gasteiger partial charge in [0.2, 0.25) is 0 Å². The topological polar surface area (TPSA) is 71.6 Å². The molecule has 0 radical (unpaired) electrons. The molecule has 0 atom stereocenters. The lowest BCUT2D eigenvalue weighted by molar-refractivity contribution is -0.119. The first kappa shape index (κ1) is 12.5. The van der Waals surface area contributed by atoms with E-state index in [4.69, 9.17) is 16.9 Å². The molecule has 0 amide bonds. The van der Waals surface area contributed by atoms with Crippen molar-refractivity contribution in [3.8, 4) is 6.07 Å². The average Bonchev–Trinajstić information content (AvgIpc) is 2.75. The Hall–Kier alpha value is -1.93. The van der Waals surface area contributed by atoms with E-state index >= 15 is 0 Å². The molecule has 2 aromatic rings. The molecule has 0 N–H and O–H groups in total. The summed E-state index contributed by atoms with van der Waals surface area (Å²) in [6, 6.07) is 3.55. The quantitative estimate of drug-likeness (QED) is 0.791. The van der Waals surface area contributed by atoms with Gasteiger partial charge in [0.25, 0.3) is 0 Å². The van der Waals surface area contributed by atoms with Crippen LogP contribution < -0.4 is 0 Å². The highest BCUT2D eigenvalue weighted by atomic mass is 35.5. The predicted octanol–water partition coefficient (Wildman–Crippen LogP) is 2.02. The summed E-state index contributed by atoms with van der Waals surface area (Å²) < 4.78 is 1.75. The van der Waals surface area contributed by atoms with Crippen molar-refractivity contribution in [1.29, 1.82) is 5.26 Å². The molecule has 0 aliphatic heterocycles. The van der Waals surface area contributed by atoms with E-state index < -0.39 is 0 Å². The number of Topliss-reactive ketones (excluding diaryl/α,β-unsaturated/α-hetero) is 1. The Bertz CT molecular complexity index is 641. The summed E-state index contributed by atoms with van der Waals surface area (Å²) in [7, 11) is 0. The van der Waals surface area contributed by atoms with Crippen molar-refractivity contribution in [2.75, 3.05) is 0 Å². The molecule has 0 spiro atoms. The van der Waals surface area contributed by atoms with Gasteiger partial charge < -0.3 is 4.57 Å². The third-order valence-corrected chi connectivity index (χ3v) is 2.92. The van der Waals surface area contributed by atoms with Gasteiger partial charge >= 0.3 is 0 Å². The van der Waals surface area contributed by atoms with Gasteiger partial charge in [0.15, 0.2) is 5.78 Å². The van der Waals surface area contributed by atoms with E-state index in [0.29, 0.717) is 23.5 Å². The molecular weight excluding hydrogens is 252 g/mol. The van der Waals surface area contributed by atoms with E-state index in [1.54, 1.807) is 16.8 Å². The highest BCUT2D eigenvalue weighted by Gasteiger charge is 2.13. The molecule has 0 saturated carbocycles. The number of imidazole rings is 1. The Labute approximate surface area is 109 Å². The van der Waals surface area contributed by atoms with Crippen LogP contribution in [0.1, 0.15) is 24.9 Å². The molecule has 0 unspecified atom stereocenters. The molecule has 5 nitrogen and oxygen atoms in total. The first-order valence-corrected chi connectivity index (χ1v) is 6.06. The number of halogens is 1. The van der Waals surface area contributed by atoms with Gasteiger partial charge in [0.05, 0.1) is 29.7 Å². The van der Waals surface area contributed by atoms with Gasteiger partial charge in [0.1, 0.15) is 17.6 Å². The Morgan fingerprint density at radius 3 is 3.00 bits per heavy atom. The number of nitrogens with zero attached hydrogens (tertiary/aromatic N) is 4. The molecule has 92 valence electrons. The number of hydrogen-bond acceptors (Lipinski definition) is 4. The largest absolute Gasteiger partial charge is 0.318 e. The standard InChI is InChI=1S/C12H11ClN4O/c1-2-9(18)7-17-11-6-15-8(5-14)3-10(11)16-12(17)4-13/h3,6H,2,4,7H2,1H3. The van der Waals surface area contributed by atoms with Gasteiger partial charge in [-0.3, -0.25) is 4.79 Å². The van der Waals surface area contributed by atoms with Crippen LogP contribution in [-0.2, 0) is 17.2 Å². The molecule has 0 bridgehead atoms. The van der Waals surface area contributed by atoms with E-state index in [2.05, 4.69) is 9.97 Å². The number of ketones is 1. The molecule has 0 aromatic carbocycles. The van der Waals surface area contributed by atoms with E-state index in [9.17, 15) is 4.79 Å². The van der Waals surface area contributed by atoms with Crippen LogP contribution >= 0.6 is 11.6 Å². The molecule has 0 aliphatic rings. The Morgan fingerprint density at radius 2 is 2.39 bits per heavy atom. The van der Waals surface area contributed by atoms with Crippen LogP contribution in [0.25, 0.3) is 11.0 Å². The normalized spacial score (nSPS) is 10.5.